The van der Waals surface area contributed by atoms with Crippen LogP contribution in [0.15, 0.2) is 97.3 Å². The Bertz CT molecular complexity index is 1220. The molecule has 166 valence electrons. The Hall–Kier alpha value is -4.39. The highest BCUT2D eigenvalue weighted by Crippen LogP contribution is 2.21. The van der Waals surface area contributed by atoms with Crippen molar-refractivity contribution in [2.24, 2.45) is 0 Å². The average molecular weight is 444 g/mol. The lowest BCUT2D eigenvalue weighted by Gasteiger charge is -2.08. The second-order valence-electron chi connectivity index (χ2n) is 7.27. The van der Waals surface area contributed by atoms with Gasteiger partial charge in [-0.2, -0.15) is 0 Å². The van der Waals surface area contributed by atoms with Gasteiger partial charge in [0.1, 0.15) is 23.9 Å². The number of carbonyl (C=O) groups is 2. The second-order valence-corrected chi connectivity index (χ2v) is 7.27. The van der Waals surface area contributed by atoms with E-state index in [4.69, 9.17) is 9.47 Å². The number of anilines is 1. The maximum absolute atomic E-state index is 13.0. The van der Waals surface area contributed by atoms with Gasteiger partial charge in [-0.15, -0.1) is 0 Å². The lowest BCUT2D eigenvalue weighted by molar-refractivity contribution is -0.115. The number of carbonyl (C=O) groups excluding carboxylic acids is 2. The molecule has 4 aromatic rings. The highest BCUT2D eigenvalue weighted by Gasteiger charge is 2.09. The minimum absolute atomic E-state index is 0.0791. The van der Waals surface area contributed by atoms with Gasteiger partial charge in [-0.1, -0.05) is 42.5 Å². The summed E-state index contributed by atoms with van der Waals surface area (Å²) in [5.41, 5.74) is 2.11. The van der Waals surface area contributed by atoms with Crippen LogP contribution in [-0.2, 0) is 22.6 Å². The van der Waals surface area contributed by atoms with Crippen LogP contribution in [0.3, 0.4) is 0 Å². The van der Waals surface area contributed by atoms with E-state index in [2.05, 4.69) is 5.32 Å². The smallest absolute Gasteiger partial charge is 0.418 e. The van der Waals surface area contributed by atoms with E-state index in [-0.39, 0.29) is 24.8 Å². The molecular formula is C26H21FN2O4. The first-order chi connectivity index (χ1) is 16.0. The lowest BCUT2D eigenvalue weighted by Crippen LogP contribution is -2.14. The summed E-state index contributed by atoms with van der Waals surface area (Å²) < 4.78 is 25.3. The largest absolute Gasteiger partial charge is 0.456 e. The second kappa shape index (κ2) is 10.3. The molecule has 4 rings (SSSR count). The summed E-state index contributed by atoms with van der Waals surface area (Å²) in [4.78, 5) is 24.4. The molecule has 1 amide bonds. The summed E-state index contributed by atoms with van der Waals surface area (Å²) in [6.07, 6.45) is 2.73. The molecule has 0 aliphatic rings. The zero-order valence-corrected chi connectivity index (χ0v) is 17.6. The fraction of sp³-hybridized carbons (Fsp3) is 0.0769. The minimum Gasteiger partial charge on any atom is -0.456 e. The Balaban J connectivity index is 1.25. The Morgan fingerprint density at radius 2 is 1.52 bits per heavy atom. The zero-order chi connectivity index (χ0) is 23.0. The van der Waals surface area contributed by atoms with Crippen molar-refractivity contribution in [3.63, 3.8) is 0 Å². The molecule has 1 N–H and O–H groups in total. The summed E-state index contributed by atoms with van der Waals surface area (Å²) >= 11 is 0. The van der Waals surface area contributed by atoms with Crippen molar-refractivity contribution in [3.05, 3.63) is 114 Å². The molecule has 0 bridgehead atoms. The number of benzene rings is 3. The summed E-state index contributed by atoms with van der Waals surface area (Å²) in [5, 5.41) is 2.79. The number of halogens is 1. The van der Waals surface area contributed by atoms with Gasteiger partial charge in [0.05, 0.1) is 12.6 Å². The zero-order valence-electron chi connectivity index (χ0n) is 17.6. The van der Waals surface area contributed by atoms with Gasteiger partial charge in [0, 0.05) is 11.9 Å². The molecule has 0 saturated carbocycles. The van der Waals surface area contributed by atoms with Crippen LogP contribution in [0.1, 0.15) is 11.1 Å². The van der Waals surface area contributed by atoms with Crippen LogP contribution in [0.5, 0.6) is 11.5 Å². The van der Waals surface area contributed by atoms with Crippen molar-refractivity contribution in [3.8, 4) is 11.5 Å². The van der Waals surface area contributed by atoms with Crippen LogP contribution in [0.4, 0.5) is 14.9 Å². The highest BCUT2D eigenvalue weighted by molar-refractivity contribution is 5.92. The quantitative estimate of drug-likeness (QED) is 0.392. The van der Waals surface area contributed by atoms with Crippen LogP contribution in [-0.4, -0.2) is 16.6 Å². The maximum atomic E-state index is 13.0. The van der Waals surface area contributed by atoms with Gasteiger partial charge in [0.2, 0.25) is 5.91 Å². The van der Waals surface area contributed by atoms with E-state index in [1.54, 1.807) is 54.9 Å². The van der Waals surface area contributed by atoms with Crippen molar-refractivity contribution in [2.45, 2.75) is 13.0 Å². The van der Waals surface area contributed by atoms with Crippen LogP contribution >= 0.6 is 0 Å². The average Bonchev–Trinajstić information content (AvgIpc) is 3.29. The first-order valence-corrected chi connectivity index (χ1v) is 10.3. The molecular weight excluding hydrogens is 423 g/mol. The topological polar surface area (TPSA) is 69.6 Å². The standard InChI is InChI=1S/C26H21FN2O4/c27-21-10-6-19(7-11-21)16-25(30)28-22-12-8-20(9-13-22)18-32-26(31)29-15-14-24(17-29)33-23-4-2-1-3-5-23/h1-15,17H,16,18H2,(H,28,30). The monoisotopic (exact) mass is 444 g/mol. The molecule has 3 aromatic carbocycles. The van der Waals surface area contributed by atoms with E-state index in [9.17, 15) is 14.0 Å². The van der Waals surface area contributed by atoms with Crippen molar-refractivity contribution < 1.29 is 23.5 Å². The third-order valence-electron chi connectivity index (χ3n) is 4.73. The van der Waals surface area contributed by atoms with Crippen LogP contribution in [0.25, 0.3) is 0 Å². The van der Waals surface area contributed by atoms with Crippen LogP contribution in [0.2, 0.25) is 0 Å². The summed E-state index contributed by atoms with van der Waals surface area (Å²) in [5.74, 6) is 0.655. The number of para-hydroxylation sites is 1. The summed E-state index contributed by atoms with van der Waals surface area (Å²) in [6, 6.07) is 23.7. The Morgan fingerprint density at radius 3 is 2.24 bits per heavy atom. The summed E-state index contributed by atoms with van der Waals surface area (Å²) in [7, 11) is 0. The SMILES string of the molecule is O=C(Cc1ccc(F)cc1)Nc1ccc(COC(=O)n2ccc(Oc3ccccc3)c2)cc1. The van der Waals surface area contributed by atoms with Gasteiger partial charge in [-0.05, 0) is 53.6 Å². The van der Waals surface area contributed by atoms with E-state index in [0.29, 0.717) is 17.2 Å². The molecule has 7 heteroatoms. The molecule has 1 aromatic heterocycles. The molecule has 6 nitrogen and oxygen atoms in total. The first kappa shape index (κ1) is 21.8. The van der Waals surface area contributed by atoms with Gasteiger partial charge in [0.15, 0.2) is 0 Å². The molecule has 0 radical (unpaired) electrons. The number of amides is 1. The van der Waals surface area contributed by atoms with Crippen LogP contribution in [0, 0.1) is 5.82 Å². The predicted octanol–water partition coefficient (Wildman–Crippen LogP) is 5.79. The van der Waals surface area contributed by atoms with E-state index in [1.807, 2.05) is 30.3 Å². The Labute approximate surface area is 190 Å². The molecule has 0 aliphatic heterocycles. The van der Waals surface area contributed by atoms with Crippen LogP contribution < -0.4 is 10.1 Å². The number of hydrogen-bond donors (Lipinski definition) is 1. The van der Waals surface area contributed by atoms with Crippen molar-refractivity contribution >= 4 is 17.7 Å². The number of aromatic nitrogens is 1. The minimum atomic E-state index is -0.533. The van der Waals surface area contributed by atoms with E-state index >= 15 is 0 Å². The molecule has 0 spiro atoms. The third kappa shape index (κ3) is 6.30. The predicted molar refractivity (Wildman–Crippen MR) is 122 cm³/mol. The van der Waals surface area contributed by atoms with Crippen molar-refractivity contribution in [2.75, 3.05) is 5.32 Å². The van der Waals surface area contributed by atoms with Crippen molar-refractivity contribution in [1.82, 2.24) is 4.57 Å². The fourth-order valence-corrected chi connectivity index (χ4v) is 3.07. The fourth-order valence-electron chi connectivity index (χ4n) is 3.07. The molecule has 0 saturated heterocycles. The Morgan fingerprint density at radius 1 is 0.818 bits per heavy atom. The number of nitrogens with zero attached hydrogens (tertiary/aromatic N) is 1. The molecule has 0 aliphatic carbocycles. The van der Waals surface area contributed by atoms with Gasteiger partial charge >= 0.3 is 6.09 Å². The molecule has 1 heterocycles. The molecule has 0 fully saturated rings. The molecule has 0 unspecified atom stereocenters. The molecule has 33 heavy (non-hydrogen) atoms. The van der Waals surface area contributed by atoms with E-state index in [1.165, 1.54) is 16.7 Å². The normalized spacial score (nSPS) is 10.5. The number of hydrogen-bond acceptors (Lipinski definition) is 4. The van der Waals surface area contributed by atoms with Gasteiger partial charge in [-0.25, -0.2) is 9.18 Å². The lowest BCUT2D eigenvalue weighted by atomic mass is 10.1. The summed E-state index contributed by atoms with van der Waals surface area (Å²) in [6.45, 7) is 0.0791. The van der Waals surface area contributed by atoms with Gasteiger partial charge in [-0.3, -0.25) is 9.36 Å². The highest BCUT2D eigenvalue weighted by atomic mass is 19.1. The number of nitrogens with one attached hydrogen (secondary N) is 1. The third-order valence-corrected chi connectivity index (χ3v) is 4.73. The maximum Gasteiger partial charge on any atom is 0.418 e. The number of rotatable bonds is 7. The Kier molecular flexibility index (Phi) is 6.80. The van der Waals surface area contributed by atoms with Crippen molar-refractivity contribution in [1.29, 1.82) is 0 Å². The van der Waals surface area contributed by atoms with Gasteiger partial charge < -0.3 is 14.8 Å². The molecule has 0 atom stereocenters. The first-order valence-electron chi connectivity index (χ1n) is 10.3. The van der Waals surface area contributed by atoms with E-state index in [0.717, 1.165) is 11.1 Å². The number of ether oxygens (including phenoxy) is 2. The van der Waals surface area contributed by atoms with Gasteiger partial charge in [0.25, 0.3) is 0 Å². The van der Waals surface area contributed by atoms with E-state index < -0.39 is 6.09 Å².